The normalized spacial score (nSPS) is 33.0. The van der Waals surface area contributed by atoms with Crippen molar-refractivity contribution in [2.45, 2.75) is 25.3 Å². The maximum atomic E-state index is 11.2. The number of halogens is 1. The van der Waals surface area contributed by atoms with Crippen LogP contribution in [0.3, 0.4) is 0 Å². The van der Waals surface area contributed by atoms with Crippen LogP contribution >= 0.6 is 22.6 Å². The molecule has 4 heteroatoms. The molecule has 0 radical (unpaired) electrons. The maximum Gasteiger partial charge on any atom is 0.410 e. The van der Waals surface area contributed by atoms with Crippen LogP contribution in [0.1, 0.15) is 19.3 Å². The Labute approximate surface area is 91.9 Å². The number of carbonyl (C=O) groups is 1. The Morgan fingerprint density at radius 2 is 2.46 bits per heavy atom. The summed E-state index contributed by atoms with van der Waals surface area (Å²) < 4.78 is 6.24. The Kier molecular flexibility index (Phi) is 2.96. The molecule has 0 aromatic heterocycles. The molecule has 0 saturated carbocycles. The molecule has 0 N–H and O–H groups in total. The molecule has 2 heterocycles. The maximum absolute atomic E-state index is 11.2. The topological polar surface area (TPSA) is 29.5 Å². The molecule has 2 fully saturated rings. The molecule has 2 saturated heterocycles. The summed E-state index contributed by atoms with van der Waals surface area (Å²) in [6.45, 7) is 1.53. The van der Waals surface area contributed by atoms with Gasteiger partial charge in [-0.1, -0.05) is 22.6 Å². The summed E-state index contributed by atoms with van der Waals surface area (Å²) in [5, 5.41) is 0. The summed E-state index contributed by atoms with van der Waals surface area (Å²) in [5.74, 6) is 0.813. The number of cyclic esters (lactones) is 1. The van der Waals surface area contributed by atoms with Gasteiger partial charge in [-0.3, -0.25) is 0 Å². The third-order valence-corrected chi connectivity index (χ3v) is 3.60. The van der Waals surface area contributed by atoms with Crippen molar-refractivity contribution >= 4 is 28.7 Å². The highest BCUT2D eigenvalue weighted by Gasteiger charge is 2.37. The lowest BCUT2D eigenvalue weighted by atomic mass is 9.90. The van der Waals surface area contributed by atoms with Crippen LogP contribution < -0.4 is 0 Å². The van der Waals surface area contributed by atoms with Gasteiger partial charge in [0.1, 0.15) is 6.61 Å². The van der Waals surface area contributed by atoms with E-state index in [4.69, 9.17) is 4.74 Å². The fourth-order valence-corrected chi connectivity index (χ4v) is 3.08. The first kappa shape index (κ1) is 9.55. The predicted octanol–water partition coefficient (Wildman–Crippen LogP) is 2.04. The average molecular weight is 295 g/mol. The van der Waals surface area contributed by atoms with Crippen molar-refractivity contribution in [1.82, 2.24) is 4.90 Å². The SMILES string of the molecule is O=C1OCC2C[C@@H](CCI)CCN12. The molecule has 0 aromatic carbocycles. The highest BCUT2D eigenvalue weighted by Crippen LogP contribution is 2.29. The number of amides is 1. The van der Waals surface area contributed by atoms with E-state index in [0.717, 1.165) is 25.3 Å². The van der Waals surface area contributed by atoms with Crippen molar-refractivity contribution in [3.8, 4) is 0 Å². The van der Waals surface area contributed by atoms with Crippen LogP contribution in [0.15, 0.2) is 0 Å². The molecular formula is C9H14INO2. The molecule has 2 atom stereocenters. The minimum Gasteiger partial charge on any atom is -0.447 e. The second-order valence-corrected chi connectivity index (χ2v) is 4.87. The van der Waals surface area contributed by atoms with Crippen molar-refractivity contribution in [2.24, 2.45) is 5.92 Å². The summed E-state index contributed by atoms with van der Waals surface area (Å²) in [5.41, 5.74) is 0. The van der Waals surface area contributed by atoms with Gasteiger partial charge in [0.25, 0.3) is 0 Å². The third kappa shape index (κ3) is 1.92. The number of piperidine rings is 1. The molecule has 0 spiro atoms. The molecule has 74 valence electrons. The number of fused-ring (bicyclic) bond motifs is 1. The van der Waals surface area contributed by atoms with Gasteiger partial charge in [-0.25, -0.2) is 4.79 Å². The summed E-state index contributed by atoms with van der Waals surface area (Å²) in [7, 11) is 0. The number of hydrogen-bond donors (Lipinski definition) is 0. The van der Waals surface area contributed by atoms with E-state index in [2.05, 4.69) is 22.6 Å². The molecule has 13 heavy (non-hydrogen) atoms. The van der Waals surface area contributed by atoms with Gasteiger partial charge in [0, 0.05) is 6.54 Å². The highest BCUT2D eigenvalue weighted by molar-refractivity contribution is 14.1. The fraction of sp³-hybridized carbons (Fsp3) is 0.889. The van der Waals surface area contributed by atoms with Crippen LogP contribution in [0.5, 0.6) is 0 Å². The predicted molar refractivity (Wildman–Crippen MR) is 58.1 cm³/mol. The highest BCUT2D eigenvalue weighted by atomic mass is 127. The second kappa shape index (κ2) is 4.02. The first-order valence-corrected chi connectivity index (χ1v) is 6.33. The van der Waals surface area contributed by atoms with Crippen molar-refractivity contribution in [2.75, 3.05) is 17.6 Å². The quantitative estimate of drug-likeness (QED) is 0.576. The van der Waals surface area contributed by atoms with E-state index in [9.17, 15) is 4.79 Å². The molecular weight excluding hydrogens is 281 g/mol. The van der Waals surface area contributed by atoms with E-state index in [1.165, 1.54) is 10.8 Å². The lowest BCUT2D eigenvalue weighted by molar-refractivity contribution is 0.146. The largest absolute Gasteiger partial charge is 0.447 e. The van der Waals surface area contributed by atoms with Gasteiger partial charge in [-0.15, -0.1) is 0 Å². The fourth-order valence-electron chi connectivity index (χ4n) is 2.20. The zero-order valence-electron chi connectivity index (χ0n) is 7.54. The van der Waals surface area contributed by atoms with E-state index in [0.29, 0.717) is 12.6 Å². The molecule has 2 aliphatic rings. The van der Waals surface area contributed by atoms with Crippen LogP contribution in [-0.4, -0.2) is 34.6 Å². The molecule has 1 amide bonds. The number of rotatable bonds is 2. The standard InChI is InChI=1S/C9H14INO2/c10-3-1-7-2-4-11-8(5-7)6-13-9(11)12/h7-8H,1-6H2/t7-,8?/m0/s1. The Morgan fingerprint density at radius 1 is 1.62 bits per heavy atom. The van der Waals surface area contributed by atoms with E-state index in [1.807, 2.05) is 4.90 Å². The Hall–Kier alpha value is -0.0000000000000000555. The summed E-state index contributed by atoms with van der Waals surface area (Å²) >= 11 is 2.42. The van der Waals surface area contributed by atoms with E-state index in [-0.39, 0.29) is 6.09 Å². The average Bonchev–Trinajstić information content (AvgIpc) is 2.48. The van der Waals surface area contributed by atoms with Crippen LogP contribution in [0.25, 0.3) is 0 Å². The van der Waals surface area contributed by atoms with Gasteiger partial charge < -0.3 is 9.64 Å². The smallest absolute Gasteiger partial charge is 0.410 e. The molecule has 0 bridgehead atoms. The molecule has 2 aliphatic heterocycles. The van der Waals surface area contributed by atoms with Crippen molar-refractivity contribution < 1.29 is 9.53 Å². The van der Waals surface area contributed by atoms with Gasteiger partial charge >= 0.3 is 6.09 Å². The Morgan fingerprint density at radius 3 is 3.23 bits per heavy atom. The van der Waals surface area contributed by atoms with Gasteiger partial charge in [-0.2, -0.15) is 0 Å². The first-order chi connectivity index (χ1) is 6.31. The lowest BCUT2D eigenvalue weighted by Gasteiger charge is -2.32. The van der Waals surface area contributed by atoms with Gasteiger partial charge in [0.05, 0.1) is 6.04 Å². The Bertz CT molecular complexity index is 210. The number of nitrogens with zero attached hydrogens (tertiary/aromatic N) is 1. The number of carbonyl (C=O) groups excluding carboxylic acids is 1. The summed E-state index contributed by atoms with van der Waals surface area (Å²) in [6, 6.07) is 0.384. The minimum atomic E-state index is -0.0991. The molecule has 2 rings (SSSR count). The zero-order chi connectivity index (χ0) is 9.26. The number of hydrogen-bond acceptors (Lipinski definition) is 2. The number of alkyl halides is 1. The first-order valence-electron chi connectivity index (χ1n) is 4.80. The molecule has 3 nitrogen and oxygen atoms in total. The summed E-state index contributed by atoms with van der Waals surface area (Å²) in [4.78, 5) is 13.1. The lowest BCUT2D eigenvalue weighted by Crippen LogP contribution is -2.40. The molecule has 0 aromatic rings. The van der Waals surface area contributed by atoms with Crippen molar-refractivity contribution in [1.29, 1.82) is 0 Å². The summed E-state index contributed by atoms with van der Waals surface area (Å²) in [6.07, 6.45) is 3.50. The van der Waals surface area contributed by atoms with Crippen molar-refractivity contribution in [3.05, 3.63) is 0 Å². The van der Waals surface area contributed by atoms with Gasteiger partial charge in [0.2, 0.25) is 0 Å². The van der Waals surface area contributed by atoms with E-state index >= 15 is 0 Å². The van der Waals surface area contributed by atoms with Crippen LogP contribution in [0, 0.1) is 5.92 Å². The molecule has 1 unspecified atom stereocenters. The number of ether oxygens (including phenoxy) is 1. The zero-order valence-corrected chi connectivity index (χ0v) is 9.70. The van der Waals surface area contributed by atoms with Crippen LogP contribution in [-0.2, 0) is 4.74 Å². The van der Waals surface area contributed by atoms with Crippen LogP contribution in [0.2, 0.25) is 0 Å². The van der Waals surface area contributed by atoms with Crippen molar-refractivity contribution in [3.63, 3.8) is 0 Å². The van der Waals surface area contributed by atoms with Gasteiger partial charge in [0.15, 0.2) is 0 Å². The third-order valence-electron chi connectivity index (χ3n) is 2.98. The minimum absolute atomic E-state index is 0.0991. The molecule has 0 aliphatic carbocycles. The van der Waals surface area contributed by atoms with Gasteiger partial charge in [-0.05, 0) is 29.6 Å². The van der Waals surface area contributed by atoms with Crippen LogP contribution in [0.4, 0.5) is 4.79 Å². The second-order valence-electron chi connectivity index (χ2n) is 3.79. The van der Waals surface area contributed by atoms with E-state index < -0.39 is 0 Å². The van der Waals surface area contributed by atoms with E-state index in [1.54, 1.807) is 0 Å². The Balaban J connectivity index is 1.91. The monoisotopic (exact) mass is 295 g/mol.